The zero-order valence-corrected chi connectivity index (χ0v) is 10.1. The molecular formula is C7H11F3N2O6S. The molecule has 19 heavy (non-hydrogen) atoms. The van der Waals surface area contributed by atoms with Crippen LogP contribution in [0, 0.1) is 0 Å². The molecule has 2 amide bonds. The smallest absolute Gasteiger partial charge is 0.351 e. The number of alkyl halides is 3. The van der Waals surface area contributed by atoms with Crippen LogP contribution in [-0.2, 0) is 14.9 Å². The van der Waals surface area contributed by atoms with Crippen LogP contribution in [0.3, 0.4) is 0 Å². The summed E-state index contributed by atoms with van der Waals surface area (Å²) in [4.78, 5) is 11.7. The van der Waals surface area contributed by atoms with Crippen LogP contribution in [0.15, 0.2) is 0 Å². The molecule has 1 fully saturated rings. The second-order valence-corrected chi connectivity index (χ2v) is 5.08. The van der Waals surface area contributed by atoms with E-state index >= 15 is 0 Å². The highest BCUT2D eigenvalue weighted by atomic mass is 32.2. The van der Waals surface area contributed by atoms with Crippen molar-refractivity contribution in [3.05, 3.63) is 0 Å². The fraction of sp³-hybridized carbons (Fsp3) is 0.857. The van der Waals surface area contributed by atoms with Crippen molar-refractivity contribution in [2.24, 2.45) is 0 Å². The molecule has 1 aliphatic heterocycles. The summed E-state index contributed by atoms with van der Waals surface area (Å²) in [5, 5.41) is 6.45. The van der Waals surface area contributed by atoms with Gasteiger partial charge in [-0.25, -0.2) is 9.18 Å². The van der Waals surface area contributed by atoms with E-state index in [0.29, 0.717) is 4.90 Å². The summed E-state index contributed by atoms with van der Waals surface area (Å²) in [5.74, 6) is 0. The number of nitrogens with one attached hydrogen (secondary N) is 1. The summed E-state index contributed by atoms with van der Waals surface area (Å²) < 4.78 is 71.3. The Morgan fingerprint density at radius 2 is 2.11 bits per heavy atom. The van der Waals surface area contributed by atoms with E-state index < -0.39 is 40.6 Å². The molecular weight excluding hydrogens is 297 g/mol. The molecule has 2 unspecified atom stereocenters. The van der Waals surface area contributed by atoms with E-state index in [1.165, 1.54) is 0 Å². The number of urea groups is 1. The third-order valence-corrected chi connectivity index (χ3v) is 3.20. The van der Waals surface area contributed by atoms with Gasteiger partial charge < -0.3 is 15.2 Å². The number of nitrogens with zero attached hydrogens (tertiary/aromatic N) is 1. The Balaban J connectivity index is 2.55. The van der Waals surface area contributed by atoms with E-state index in [9.17, 15) is 31.5 Å². The molecule has 0 saturated carbocycles. The summed E-state index contributed by atoms with van der Waals surface area (Å²) in [7, 11) is -5.94. The number of carbonyl (C=O) groups excluding carboxylic acids is 1. The van der Waals surface area contributed by atoms with Gasteiger partial charge >= 0.3 is 21.4 Å². The molecule has 0 bridgehead atoms. The SMILES string of the molecule is O=C1NCCN1C(O)OCC(F)C(F)(F)S(=O)(=O)O. The standard InChI is InChI=1S/C7H11F3N2O6S/c8-4(7(9,10)19(15,16)17)3-18-6(14)12-2-1-11-5(12)13/h4,6,14H,1-3H2,(H,11,13)(H,15,16,17). The maximum atomic E-state index is 13.0. The van der Waals surface area contributed by atoms with Crippen LogP contribution in [0.5, 0.6) is 0 Å². The van der Waals surface area contributed by atoms with Gasteiger partial charge in [0.25, 0.3) is 0 Å². The van der Waals surface area contributed by atoms with Gasteiger partial charge in [-0.05, 0) is 0 Å². The normalized spacial score (nSPS) is 20.3. The van der Waals surface area contributed by atoms with Gasteiger partial charge in [-0.1, -0.05) is 0 Å². The van der Waals surface area contributed by atoms with Crippen LogP contribution in [0.25, 0.3) is 0 Å². The molecule has 1 saturated heterocycles. The van der Waals surface area contributed by atoms with Crippen LogP contribution in [0.1, 0.15) is 0 Å². The van der Waals surface area contributed by atoms with Crippen LogP contribution in [0.4, 0.5) is 18.0 Å². The van der Waals surface area contributed by atoms with Crippen LogP contribution in [0.2, 0.25) is 0 Å². The number of aliphatic hydroxyl groups excluding tert-OH is 1. The average Bonchev–Trinajstić information content (AvgIpc) is 2.70. The molecule has 0 aliphatic carbocycles. The van der Waals surface area contributed by atoms with Gasteiger partial charge in [0, 0.05) is 13.1 Å². The molecule has 0 spiro atoms. The highest BCUT2D eigenvalue weighted by molar-refractivity contribution is 7.86. The van der Waals surface area contributed by atoms with E-state index in [1.54, 1.807) is 0 Å². The minimum absolute atomic E-state index is 0.00560. The molecule has 1 heterocycles. The van der Waals surface area contributed by atoms with Crippen molar-refractivity contribution in [3.63, 3.8) is 0 Å². The van der Waals surface area contributed by atoms with Crippen molar-refractivity contribution in [3.8, 4) is 0 Å². The maximum absolute atomic E-state index is 13.0. The third-order valence-electron chi connectivity index (χ3n) is 2.26. The molecule has 1 rings (SSSR count). The topological polar surface area (TPSA) is 116 Å². The van der Waals surface area contributed by atoms with Crippen molar-refractivity contribution in [1.82, 2.24) is 10.2 Å². The number of halogens is 3. The van der Waals surface area contributed by atoms with Crippen LogP contribution in [-0.4, -0.2) is 66.5 Å². The lowest BCUT2D eigenvalue weighted by Gasteiger charge is -2.23. The van der Waals surface area contributed by atoms with Crippen molar-refractivity contribution < 1.29 is 40.8 Å². The Bertz CT molecular complexity index is 444. The molecule has 12 heteroatoms. The van der Waals surface area contributed by atoms with Crippen LogP contribution < -0.4 is 5.32 Å². The summed E-state index contributed by atoms with van der Waals surface area (Å²) in [6, 6.07) is -0.746. The maximum Gasteiger partial charge on any atom is 0.402 e. The molecule has 0 aromatic carbocycles. The molecule has 0 aromatic rings. The Kier molecular flexibility index (Phi) is 4.60. The molecule has 2 atom stereocenters. The van der Waals surface area contributed by atoms with Crippen molar-refractivity contribution in [1.29, 1.82) is 0 Å². The monoisotopic (exact) mass is 308 g/mol. The second-order valence-electron chi connectivity index (χ2n) is 3.59. The van der Waals surface area contributed by atoms with Gasteiger partial charge in [-0.3, -0.25) is 9.45 Å². The lowest BCUT2D eigenvalue weighted by Crippen LogP contribution is -2.45. The van der Waals surface area contributed by atoms with Gasteiger partial charge in [0.15, 0.2) is 0 Å². The predicted octanol–water partition coefficient (Wildman–Crippen LogP) is -0.877. The molecule has 3 N–H and O–H groups in total. The van der Waals surface area contributed by atoms with Crippen molar-refractivity contribution in [2.75, 3.05) is 19.7 Å². The molecule has 8 nitrogen and oxygen atoms in total. The minimum Gasteiger partial charge on any atom is -0.351 e. The van der Waals surface area contributed by atoms with Gasteiger partial charge in [-0.2, -0.15) is 17.2 Å². The highest BCUT2D eigenvalue weighted by Gasteiger charge is 2.53. The lowest BCUT2D eigenvalue weighted by atomic mass is 10.4. The van der Waals surface area contributed by atoms with E-state index in [1.807, 2.05) is 0 Å². The zero-order valence-electron chi connectivity index (χ0n) is 9.29. The first-order chi connectivity index (χ1) is 8.57. The van der Waals surface area contributed by atoms with Crippen molar-refractivity contribution >= 4 is 16.1 Å². The number of ether oxygens (including phenoxy) is 1. The first-order valence-corrected chi connectivity index (χ1v) is 6.34. The summed E-state index contributed by atoms with van der Waals surface area (Å²) >= 11 is 0. The quantitative estimate of drug-likeness (QED) is 0.433. The van der Waals surface area contributed by atoms with Gasteiger partial charge in [0.05, 0.1) is 6.61 Å². The second kappa shape index (κ2) is 5.48. The molecule has 112 valence electrons. The van der Waals surface area contributed by atoms with Crippen molar-refractivity contribution in [2.45, 2.75) is 17.8 Å². The van der Waals surface area contributed by atoms with E-state index in [4.69, 9.17) is 4.55 Å². The number of rotatable bonds is 6. The number of hydrogen-bond acceptors (Lipinski definition) is 5. The van der Waals surface area contributed by atoms with E-state index in [2.05, 4.69) is 10.1 Å². The van der Waals surface area contributed by atoms with E-state index in [-0.39, 0.29) is 13.1 Å². The Labute approximate surface area is 105 Å². The summed E-state index contributed by atoms with van der Waals surface area (Å²) in [6.07, 6.45) is -5.40. The molecule has 1 aliphatic rings. The fourth-order valence-corrected chi connectivity index (χ4v) is 1.61. The first kappa shape index (κ1) is 15.9. The first-order valence-electron chi connectivity index (χ1n) is 4.90. The summed E-state index contributed by atoms with van der Waals surface area (Å²) in [5.41, 5.74) is 0. The lowest BCUT2D eigenvalue weighted by molar-refractivity contribution is -0.189. The number of amides is 2. The Hall–Kier alpha value is -1.11. The number of hydrogen-bond donors (Lipinski definition) is 3. The molecule has 0 aromatic heterocycles. The summed E-state index contributed by atoms with van der Waals surface area (Å²) in [6.45, 7) is -1.34. The highest BCUT2D eigenvalue weighted by Crippen LogP contribution is 2.27. The Morgan fingerprint density at radius 1 is 1.53 bits per heavy atom. The zero-order chi connectivity index (χ0) is 14.8. The minimum atomic E-state index is -5.94. The van der Waals surface area contributed by atoms with Crippen LogP contribution >= 0.6 is 0 Å². The average molecular weight is 308 g/mol. The molecule has 0 radical (unpaired) electrons. The predicted molar refractivity (Wildman–Crippen MR) is 53.5 cm³/mol. The third kappa shape index (κ3) is 3.46. The largest absolute Gasteiger partial charge is 0.402 e. The Morgan fingerprint density at radius 3 is 2.53 bits per heavy atom. The van der Waals surface area contributed by atoms with Gasteiger partial charge in [0.2, 0.25) is 12.6 Å². The number of carbonyl (C=O) groups is 1. The number of aliphatic hydroxyl groups is 1. The van der Waals surface area contributed by atoms with E-state index in [0.717, 1.165) is 0 Å². The fourth-order valence-electron chi connectivity index (χ4n) is 1.22. The van der Waals surface area contributed by atoms with Gasteiger partial charge in [0.1, 0.15) is 0 Å². The van der Waals surface area contributed by atoms with Gasteiger partial charge in [-0.15, -0.1) is 0 Å².